The van der Waals surface area contributed by atoms with Crippen LogP contribution in [0.15, 0.2) is 59.1 Å². The molecule has 0 aliphatic carbocycles. The van der Waals surface area contributed by atoms with Crippen LogP contribution in [0.25, 0.3) is 21.9 Å². The predicted molar refractivity (Wildman–Crippen MR) is 111 cm³/mol. The molecule has 0 saturated carbocycles. The van der Waals surface area contributed by atoms with Gasteiger partial charge >= 0.3 is 0 Å². The van der Waals surface area contributed by atoms with Crippen LogP contribution in [-0.2, 0) is 6.54 Å². The van der Waals surface area contributed by atoms with Crippen molar-refractivity contribution in [1.82, 2.24) is 4.90 Å². The Morgan fingerprint density at radius 2 is 1.68 bits per heavy atom. The standard InChI is InChI=1S/C23H24BrN/c1-17-20(16-25-12-6-3-7-13-25)14-19-10-11-21(24)15-22(19)23(17)18-8-4-2-5-9-18/h2,4-5,8-11,14-15H,3,6-7,12-13,16H2,1H3. The molecule has 2 heteroatoms. The lowest BCUT2D eigenvalue weighted by molar-refractivity contribution is 0.220. The first kappa shape index (κ1) is 16.8. The Hall–Kier alpha value is -1.64. The van der Waals surface area contributed by atoms with Gasteiger partial charge in [0, 0.05) is 11.0 Å². The van der Waals surface area contributed by atoms with Crippen molar-refractivity contribution in [1.29, 1.82) is 0 Å². The Morgan fingerprint density at radius 1 is 0.920 bits per heavy atom. The van der Waals surface area contributed by atoms with Crippen LogP contribution < -0.4 is 0 Å². The Bertz CT molecular complexity index is 879. The van der Waals surface area contributed by atoms with E-state index in [1.807, 2.05) is 0 Å². The van der Waals surface area contributed by atoms with E-state index in [-0.39, 0.29) is 0 Å². The second kappa shape index (κ2) is 7.31. The summed E-state index contributed by atoms with van der Waals surface area (Å²) in [6, 6.07) is 19.9. The minimum atomic E-state index is 1.07. The molecule has 1 nitrogen and oxygen atoms in total. The Kier molecular flexibility index (Phi) is 4.91. The first-order valence-electron chi connectivity index (χ1n) is 9.22. The van der Waals surface area contributed by atoms with E-state index in [0.717, 1.165) is 11.0 Å². The molecule has 0 unspecified atom stereocenters. The van der Waals surface area contributed by atoms with Crippen LogP contribution in [0.4, 0.5) is 0 Å². The number of halogens is 1. The lowest BCUT2D eigenvalue weighted by Gasteiger charge is -2.28. The van der Waals surface area contributed by atoms with E-state index < -0.39 is 0 Å². The molecule has 0 amide bonds. The normalized spacial score (nSPS) is 15.6. The molecular formula is C23H24BrN. The molecule has 3 aromatic rings. The van der Waals surface area contributed by atoms with Crippen molar-refractivity contribution in [3.63, 3.8) is 0 Å². The molecule has 0 aromatic heterocycles. The van der Waals surface area contributed by atoms with Gasteiger partial charge in [-0.2, -0.15) is 0 Å². The molecule has 25 heavy (non-hydrogen) atoms. The molecule has 0 bridgehead atoms. The monoisotopic (exact) mass is 393 g/mol. The van der Waals surface area contributed by atoms with Gasteiger partial charge in [-0.25, -0.2) is 0 Å². The number of fused-ring (bicyclic) bond motifs is 1. The molecule has 1 saturated heterocycles. The average molecular weight is 394 g/mol. The van der Waals surface area contributed by atoms with Crippen molar-refractivity contribution in [2.75, 3.05) is 13.1 Å². The van der Waals surface area contributed by atoms with Gasteiger partial charge in [0.15, 0.2) is 0 Å². The van der Waals surface area contributed by atoms with Crippen LogP contribution in [-0.4, -0.2) is 18.0 Å². The van der Waals surface area contributed by atoms with Gasteiger partial charge in [-0.1, -0.05) is 58.7 Å². The summed E-state index contributed by atoms with van der Waals surface area (Å²) in [5.41, 5.74) is 5.58. The molecular weight excluding hydrogens is 370 g/mol. The molecule has 4 rings (SSSR count). The maximum absolute atomic E-state index is 3.65. The summed E-state index contributed by atoms with van der Waals surface area (Å²) in [5, 5.41) is 2.67. The highest BCUT2D eigenvalue weighted by atomic mass is 79.9. The second-order valence-corrected chi connectivity index (χ2v) is 8.02. The number of hydrogen-bond donors (Lipinski definition) is 0. The van der Waals surface area contributed by atoms with E-state index in [1.54, 1.807) is 0 Å². The van der Waals surface area contributed by atoms with Gasteiger partial charge in [0.05, 0.1) is 0 Å². The molecule has 0 N–H and O–H groups in total. The first-order valence-corrected chi connectivity index (χ1v) is 10.0. The fourth-order valence-electron chi connectivity index (χ4n) is 4.03. The van der Waals surface area contributed by atoms with Crippen LogP contribution >= 0.6 is 15.9 Å². The van der Waals surface area contributed by atoms with Gasteiger partial charge in [0.1, 0.15) is 0 Å². The molecule has 128 valence electrons. The second-order valence-electron chi connectivity index (χ2n) is 7.10. The highest BCUT2D eigenvalue weighted by Crippen LogP contribution is 2.36. The lowest BCUT2D eigenvalue weighted by atomic mass is 9.90. The highest BCUT2D eigenvalue weighted by molar-refractivity contribution is 9.10. The zero-order valence-corrected chi connectivity index (χ0v) is 16.3. The molecule has 1 heterocycles. The molecule has 0 radical (unpaired) electrons. The highest BCUT2D eigenvalue weighted by Gasteiger charge is 2.16. The summed E-state index contributed by atoms with van der Waals surface area (Å²) < 4.78 is 1.14. The third-order valence-electron chi connectivity index (χ3n) is 5.38. The maximum atomic E-state index is 3.65. The van der Waals surface area contributed by atoms with E-state index >= 15 is 0 Å². The van der Waals surface area contributed by atoms with E-state index in [1.165, 1.54) is 65.4 Å². The SMILES string of the molecule is Cc1c(CN2CCCCC2)cc2ccc(Br)cc2c1-c1ccccc1. The summed E-state index contributed by atoms with van der Waals surface area (Å²) in [6.45, 7) is 5.83. The molecule has 1 aliphatic heterocycles. The van der Waals surface area contributed by atoms with E-state index in [0.29, 0.717) is 0 Å². The third-order valence-corrected chi connectivity index (χ3v) is 5.87. The maximum Gasteiger partial charge on any atom is 0.0236 e. The van der Waals surface area contributed by atoms with Gasteiger partial charge < -0.3 is 0 Å². The number of benzene rings is 3. The molecule has 1 aliphatic rings. The fraction of sp³-hybridized carbons (Fsp3) is 0.304. The van der Waals surface area contributed by atoms with Gasteiger partial charge in [0.2, 0.25) is 0 Å². The Morgan fingerprint density at radius 3 is 2.44 bits per heavy atom. The lowest BCUT2D eigenvalue weighted by Crippen LogP contribution is -2.29. The Balaban J connectivity index is 1.87. The molecule has 0 atom stereocenters. The van der Waals surface area contributed by atoms with Crippen molar-refractivity contribution < 1.29 is 0 Å². The van der Waals surface area contributed by atoms with E-state index in [2.05, 4.69) is 82.4 Å². The van der Waals surface area contributed by atoms with Gasteiger partial charge in [-0.3, -0.25) is 4.90 Å². The average Bonchev–Trinajstić information content (AvgIpc) is 2.64. The van der Waals surface area contributed by atoms with Crippen LogP contribution in [0.5, 0.6) is 0 Å². The van der Waals surface area contributed by atoms with Gasteiger partial charge in [0.25, 0.3) is 0 Å². The molecule has 1 fully saturated rings. The predicted octanol–water partition coefficient (Wildman–Crippen LogP) is 6.56. The minimum absolute atomic E-state index is 1.07. The quantitative estimate of drug-likeness (QED) is 0.486. The number of likely N-dealkylation sites (tertiary alicyclic amines) is 1. The van der Waals surface area contributed by atoms with Crippen LogP contribution in [0.2, 0.25) is 0 Å². The zero-order valence-electron chi connectivity index (χ0n) is 14.8. The molecule has 3 aromatic carbocycles. The van der Waals surface area contributed by atoms with Crippen LogP contribution in [0, 0.1) is 6.92 Å². The smallest absolute Gasteiger partial charge is 0.0236 e. The summed E-state index contributed by atoms with van der Waals surface area (Å²) in [5.74, 6) is 0. The van der Waals surface area contributed by atoms with Crippen molar-refractivity contribution in [2.45, 2.75) is 32.7 Å². The largest absolute Gasteiger partial charge is 0.299 e. The number of nitrogens with zero attached hydrogens (tertiary/aromatic N) is 1. The Labute approximate surface area is 158 Å². The summed E-state index contributed by atoms with van der Waals surface area (Å²) in [4.78, 5) is 2.62. The summed E-state index contributed by atoms with van der Waals surface area (Å²) in [6.07, 6.45) is 4.06. The zero-order chi connectivity index (χ0) is 17.2. The number of rotatable bonds is 3. The first-order chi connectivity index (χ1) is 12.2. The fourth-order valence-corrected chi connectivity index (χ4v) is 4.39. The van der Waals surface area contributed by atoms with Crippen LogP contribution in [0.1, 0.15) is 30.4 Å². The van der Waals surface area contributed by atoms with Gasteiger partial charge in [-0.05, 0) is 84.1 Å². The number of hydrogen-bond acceptors (Lipinski definition) is 1. The van der Waals surface area contributed by atoms with E-state index in [9.17, 15) is 0 Å². The summed E-state index contributed by atoms with van der Waals surface area (Å²) in [7, 11) is 0. The third kappa shape index (κ3) is 3.51. The van der Waals surface area contributed by atoms with Crippen molar-refractivity contribution in [3.8, 4) is 11.1 Å². The number of piperidine rings is 1. The minimum Gasteiger partial charge on any atom is -0.299 e. The topological polar surface area (TPSA) is 3.24 Å². The van der Waals surface area contributed by atoms with Crippen molar-refractivity contribution in [3.05, 3.63) is 70.2 Å². The van der Waals surface area contributed by atoms with Crippen molar-refractivity contribution in [2.24, 2.45) is 0 Å². The van der Waals surface area contributed by atoms with Gasteiger partial charge in [-0.15, -0.1) is 0 Å². The summed E-state index contributed by atoms with van der Waals surface area (Å²) >= 11 is 3.65. The van der Waals surface area contributed by atoms with Crippen LogP contribution in [0.3, 0.4) is 0 Å². The van der Waals surface area contributed by atoms with E-state index in [4.69, 9.17) is 0 Å². The molecule has 0 spiro atoms. The van der Waals surface area contributed by atoms with Crippen molar-refractivity contribution >= 4 is 26.7 Å².